The van der Waals surface area contributed by atoms with Gasteiger partial charge in [-0.3, -0.25) is 9.59 Å². The van der Waals surface area contributed by atoms with E-state index in [2.05, 4.69) is 10.6 Å². The van der Waals surface area contributed by atoms with Gasteiger partial charge in [0.25, 0.3) is 0 Å². The number of hydrogen-bond acceptors (Lipinski definition) is 3. The van der Waals surface area contributed by atoms with E-state index in [9.17, 15) is 14.4 Å². The number of amides is 4. The first kappa shape index (κ1) is 19.4. The Bertz CT molecular complexity index is 854. The highest BCUT2D eigenvalue weighted by atomic mass is 16.2. The molecule has 146 valence electrons. The zero-order valence-corrected chi connectivity index (χ0v) is 15.6. The van der Waals surface area contributed by atoms with Crippen LogP contribution in [0, 0.1) is 0 Å². The van der Waals surface area contributed by atoms with Crippen molar-refractivity contribution < 1.29 is 14.4 Å². The van der Waals surface area contributed by atoms with Crippen molar-refractivity contribution >= 4 is 17.8 Å². The highest BCUT2D eigenvalue weighted by molar-refractivity contribution is 5.92. The first-order valence-electron chi connectivity index (χ1n) is 9.29. The van der Waals surface area contributed by atoms with E-state index in [-0.39, 0.29) is 24.5 Å². The van der Waals surface area contributed by atoms with Gasteiger partial charge >= 0.3 is 6.03 Å². The van der Waals surface area contributed by atoms with Crippen LogP contribution in [0.5, 0.6) is 0 Å². The molecule has 0 spiro atoms. The normalized spacial score (nSPS) is 14.6. The van der Waals surface area contributed by atoms with Gasteiger partial charge in [-0.15, -0.1) is 0 Å². The average molecular weight is 380 g/mol. The van der Waals surface area contributed by atoms with Gasteiger partial charge in [-0.05, 0) is 29.7 Å². The maximum absolute atomic E-state index is 12.5. The van der Waals surface area contributed by atoms with Crippen molar-refractivity contribution in [2.24, 2.45) is 5.73 Å². The predicted molar refractivity (Wildman–Crippen MR) is 105 cm³/mol. The van der Waals surface area contributed by atoms with Crippen molar-refractivity contribution in [3.8, 4) is 0 Å². The first-order chi connectivity index (χ1) is 13.5. The van der Waals surface area contributed by atoms with E-state index in [0.29, 0.717) is 25.1 Å². The number of nitrogens with one attached hydrogen (secondary N) is 2. The number of nitrogens with two attached hydrogens (primary N) is 1. The largest absolute Gasteiger partial charge is 0.366 e. The maximum atomic E-state index is 12.5. The molecule has 0 aromatic heterocycles. The van der Waals surface area contributed by atoms with E-state index >= 15 is 0 Å². The molecule has 1 heterocycles. The monoisotopic (exact) mass is 380 g/mol. The smallest absolute Gasteiger partial charge is 0.315 e. The van der Waals surface area contributed by atoms with E-state index < -0.39 is 5.91 Å². The van der Waals surface area contributed by atoms with Crippen LogP contribution in [0.3, 0.4) is 0 Å². The van der Waals surface area contributed by atoms with E-state index in [1.165, 1.54) is 0 Å². The van der Waals surface area contributed by atoms with Crippen molar-refractivity contribution in [2.45, 2.75) is 25.4 Å². The second-order valence-electron chi connectivity index (χ2n) is 6.80. The van der Waals surface area contributed by atoms with E-state index in [1.54, 1.807) is 23.1 Å². The molecule has 0 bridgehead atoms. The van der Waals surface area contributed by atoms with Gasteiger partial charge in [0.2, 0.25) is 11.8 Å². The molecule has 1 saturated heterocycles. The Morgan fingerprint density at radius 1 is 1.11 bits per heavy atom. The van der Waals surface area contributed by atoms with Gasteiger partial charge in [0.15, 0.2) is 0 Å². The predicted octanol–water partition coefficient (Wildman–Crippen LogP) is 1.95. The number of carbonyl (C=O) groups excluding carboxylic acids is 3. The molecule has 2 aromatic rings. The van der Waals surface area contributed by atoms with Crippen molar-refractivity contribution in [3.63, 3.8) is 0 Å². The number of nitrogens with zero attached hydrogens (tertiary/aromatic N) is 1. The van der Waals surface area contributed by atoms with Gasteiger partial charge in [-0.1, -0.05) is 42.5 Å². The number of rotatable bonds is 7. The third-order valence-corrected chi connectivity index (χ3v) is 4.75. The second-order valence-corrected chi connectivity index (χ2v) is 6.80. The summed E-state index contributed by atoms with van der Waals surface area (Å²) in [6.07, 6.45) is 1.41. The minimum Gasteiger partial charge on any atom is -0.366 e. The fraction of sp³-hybridized carbons (Fsp3) is 0.286. The Morgan fingerprint density at radius 2 is 1.89 bits per heavy atom. The van der Waals surface area contributed by atoms with Crippen LogP contribution >= 0.6 is 0 Å². The van der Waals surface area contributed by atoms with Gasteiger partial charge in [0.05, 0.1) is 6.04 Å². The molecule has 1 unspecified atom stereocenters. The summed E-state index contributed by atoms with van der Waals surface area (Å²) >= 11 is 0. The number of benzene rings is 2. The zero-order chi connectivity index (χ0) is 19.9. The van der Waals surface area contributed by atoms with Gasteiger partial charge < -0.3 is 21.3 Å². The molecule has 1 aliphatic heterocycles. The zero-order valence-electron chi connectivity index (χ0n) is 15.6. The van der Waals surface area contributed by atoms with Crippen molar-refractivity contribution in [1.82, 2.24) is 15.5 Å². The van der Waals surface area contributed by atoms with Crippen LogP contribution in [0.4, 0.5) is 4.79 Å². The van der Waals surface area contributed by atoms with Crippen LogP contribution < -0.4 is 16.4 Å². The molecule has 1 fully saturated rings. The fourth-order valence-electron chi connectivity index (χ4n) is 3.26. The summed E-state index contributed by atoms with van der Waals surface area (Å²) in [4.78, 5) is 37.5. The molecular weight excluding hydrogens is 356 g/mol. The first-order valence-corrected chi connectivity index (χ1v) is 9.29. The van der Waals surface area contributed by atoms with Crippen LogP contribution in [0.1, 0.15) is 40.4 Å². The summed E-state index contributed by atoms with van der Waals surface area (Å²) < 4.78 is 0. The lowest BCUT2D eigenvalue weighted by molar-refractivity contribution is -0.128. The lowest BCUT2D eigenvalue weighted by Gasteiger charge is -2.25. The van der Waals surface area contributed by atoms with Crippen molar-refractivity contribution in [1.29, 1.82) is 0 Å². The molecule has 0 saturated carbocycles. The van der Waals surface area contributed by atoms with E-state index in [0.717, 1.165) is 17.5 Å². The molecule has 4 N–H and O–H groups in total. The molecule has 0 radical (unpaired) electrons. The highest BCUT2D eigenvalue weighted by Crippen LogP contribution is 2.18. The Kier molecular flexibility index (Phi) is 6.26. The molecule has 1 aliphatic rings. The van der Waals surface area contributed by atoms with Crippen LogP contribution in [-0.2, 0) is 11.3 Å². The molecule has 0 aliphatic carbocycles. The topological polar surface area (TPSA) is 105 Å². The molecule has 2 aromatic carbocycles. The maximum Gasteiger partial charge on any atom is 0.315 e. The lowest BCUT2D eigenvalue weighted by atomic mass is 10.1. The van der Waals surface area contributed by atoms with Crippen molar-refractivity contribution in [2.75, 3.05) is 13.1 Å². The van der Waals surface area contributed by atoms with Gasteiger partial charge in [-0.2, -0.15) is 0 Å². The fourth-order valence-corrected chi connectivity index (χ4v) is 3.26. The number of carbonyl (C=O) groups is 3. The summed E-state index contributed by atoms with van der Waals surface area (Å²) in [5.41, 5.74) is 7.40. The highest BCUT2D eigenvalue weighted by Gasteiger charge is 2.25. The molecule has 1 atom stereocenters. The molecule has 28 heavy (non-hydrogen) atoms. The summed E-state index contributed by atoms with van der Waals surface area (Å²) in [6.45, 7) is 1.41. The van der Waals surface area contributed by atoms with Crippen molar-refractivity contribution in [3.05, 3.63) is 71.3 Å². The van der Waals surface area contributed by atoms with Crippen LogP contribution in [0.25, 0.3) is 0 Å². The number of primary amides is 1. The third kappa shape index (κ3) is 5.09. The summed E-state index contributed by atoms with van der Waals surface area (Å²) in [6, 6.07) is 15.8. The summed E-state index contributed by atoms with van der Waals surface area (Å²) in [5.74, 6) is -0.392. The molecule has 7 heteroatoms. The van der Waals surface area contributed by atoms with Crippen LogP contribution in [0.15, 0.2) is 54.6 Å². The van der Waals surface area contributed by atoms with Crippen LogP contribution in [-0.4, -0.2) is 35.8 Å². The summed E-state index contributed by atoms with van der Waals surface area (Å²) in [7, 11) is 0. The molecular formula is C21H24N4O3. The minimum atomic E-state index is -0.509. The van der Waals surface area contributed by atoms with Gasteiger partial charge in [0, 0.05) is 31.6 Å². The average Bonchev–Trinajstić information content (AvgIpc) is 3.11. The molecule has 7 nitrogen and oxygen atoms in total. The SMILES string of the molecule is NC(=O)c1cccc(CNC(=O)NC(CN2CCCC2=O)c2ccccc2)c1. The Hall–Kier alpha value is -3.35. The van der Waals surface area contributed by atoms with E-state index in [1.807, 2.05) is 36.4 Å². The van der Waals surface area contributed by atoms with Gasteiger partial charge in [0.1, 0.15) is 0 Å². The molecule has 4 amide bonds. The Morgan fingerprint density at radius 3 is 2.57 bits per heavy atom. The second kappa shape index (κ2) is 9.03. The van der Waals surface area contributed by atoms with Crippen LogP contribution in [0.2, 0.25) is 0 Å². The Balaban J connectivity index is 1.63. The minimum absolute atomic E-state index is 0.117. The Labute approximate surface area is 163 Å². The lowest BCUT2D eigenvalue weighted by Crippen LogP contribution is -2.42. The number of likely N-dealkylation sites (tertiary alicyclic amines) is 1. The molecule has 3 rings (SSSR count). The summed E-state index contributed by atoms with van der Waals surface area (Å²) in [5, 5.41) is 5.75. The standard InChI is InChI=1S/C21H24N4O3/c22-20(27)17-9-4-6-15(12-17)13-23-21(28)24-18(16-7-2-1-3-8-16)14-25-11-5-10-19(25)26/h1-4,6-9,12,18H,5,10-11,13-14H2,(H2,22,27)(H2,23,24,28). The van der Waals surface area contributed by atoms with E-state index in [4.69, 9.17) is 5.73 Å². The quantitative estimate of drug-likeness (QED) is 0.684. The van der Waals surface area contributed by atoms with Gasteiger partial charge in [-0.25, -0.2) is 4.79 Å². The number of urea groups is 1. The third-order valence-electron chi connectivity index (χ3n) is 4.75. The number of hydrogen-bond donors (Lipinski definition) is 3.